The van der Waals surface area contributed by atoms with Gasteiger partial charge in [0.15, 0.2) is 0 Å². The third-order valence-electron chi connectivity index (χ3n) is 1.68. The Morgan fingerprint density at radius 2 is 2.42 bits per heavy atom. The predicted molar refractivity (Wildman–Crippen MR) is 52.4 cm³/mol. The average Bonchev–Trinajstić information content (AvgIpc) is 2.50. The van der Waals surface area contributed by atoms with Gasteiger partial charge >= 0.3 is 0 Å². The number of aromatic nitrogens is 3. The minimum atomic E-state index is 0.958. The summed E-state index contributed by atoms with van der Waals surface area (Å²) in [5.41, 5.74) is 1.07. The van der Waals surface area contributed by atoms with E-state index >= 15 is 0 Å². The highest BCUT2D eigenvalue weighted by molar-refractivity contribution is 9.09. The van der Waals surface area contributed by atoms with Crippen molar-refractivity contribution in [2.24, 2.45) is 0 Å². The van der Waals surface area contributed by atoms with Gasteiger partial charge in [-0.2, -0.15) is 0 Å². The largest absolute Gasteiger partial charge is 0.252 e. The van der Waals surface area contributed by atoms with Gasteiger partial charge in [0.05, 0.1) is 5.69 Å². The third-order valence-corrected chi connectivity index (χ3v) is 2.07. The van der Waals surface area contributed by atoms with E-state index in [0.29, 0.717) is 0 Å². The van der Waals surface area contributed by atoms with E-state index in [2.05, 4.69) is 33.2 Å². The normalized spacial score (nSPS) is 10.5. The van der Waals surface area contributed by atoms with Gasteiger partial charge in [0.25, 0.3) is 0 Å². The van der Waals surface area contributed by atoms with Crippen molar-refractivity contribution in [2.45, 2.75) is 32.7 Å². The maximum atomic E-state index is 4.04. The van der Waals surface area contributed by atoms with Crippen LogP contribution < -0.4 is 0 Å². The maximum Gasteiger partial charge on any atom is 0.0835 e. The van der Waals surface area contributed by atoms with Gasteiger partial charge in [-0.15, -0.1) is 5.10 Å². The van der Waals surface area contributed by atoms with Crippen LogP contribution in [0.25, 0.3) is 0 Å². The van der Waals surface area contributed by atoms with Gasteiger partial charge < -0.3 is 0 Å². The van der Waals surface area contributed by atoms with E-state index < -0.39 is 0 Å². The smallest absolute Gasteiger partial charge is 0.0835 e. The predicted octanol–water partition coefficient (Wildman–Crippen LogP) is 2.02. The highest BCUT2D eigenvalue weighted by Gasteiger charge is 1.98. The molecular weight excluding hydrogens is 218 g/mol. The van der Waals surface area contributed by atoms with Gasteiger partial charge in [0, 0.05) is 24.5 Å². The van der Waals surface area contributed by atoms with E-state index in [1.165, 1.54) is 12.8 Å². The fraction of sp³-hybridized carbons (Fsp3) is 0.750. The highest BCUT2D eigenvalue weighted by atomic mass is 79.9. The Bertz CT molecular complexity index is 222. The van der Waals surface area contributed by atoms with Crippen LogP contribution in [0.5, 0.6) is 0 Å². The number of hydrogen-bond donors (Lipinski definition) is 0. The maximum absolute atomic E-state index is 4.04. The fourth-order valence-electron chi connectivity index (χ4n) is 0.979. The third kappa shape index (κ3) is 2.93. The van der Waals surface area contributed by atoms with Gasteiger partial charge in [-0.05, 0) is 6.42 Å². The molecule has 0 amide bonds. The molecule has 0 bridgehead atoms. The number of hydrogen-bond acceptors (Lipinski definition) is 2. The lowest BCUT2D eigenvalue weighted by Crippen LogP contribution is -1.97. The molecular formula is C8H14BrN3. The van der Waals surface area contributed by atoms with Crippen LogP contribution in [0.4, 0.5) is 0 Å². The van der Waals surface area contributed by atoms with Crippen molar-refractivity contribution < 1.29 is 0 Å². The van der Waals surface area contributed by atoms with Crippen molar-refractivity contribution in [3.63, 3.8) is 0 Å². The molecule has 3 nitrogen and oxygen atoms in total. The number of rotatable bonds is 5. The number of unbranched alkanes of at least 4 members (excludes halogenated alkanes) is 1. The zero-order chi connectivity index (χ0) is 8.81. The molecule has 1 heterocycles. The van der Waals surface area contributed by atoms with Gasteiger partial charge in [-0.1, -0.05) is 34.5 Å². The van der Waals surface area contributed by atoms with Crippen molar-refractivity contribution in [1.29, 1.82) is 0 Å². The molecule has 0 saturated carbocycles. The summed E-state index contributed by atoms with van der Waals surface area (Å²) in [5, 5.41) is 9.02. The molecule has 0 aliphatic heterocycles. The number of aryl methyl sites for hydroxylation is 2. The summed E-state index contributed by atoms with van der Waals surface area (Å²) in [7, 11) is 0. The summed E-state index contributed by atoms with van der Waals surface area (Å²) in [4.78, 5) is 0. The topological polar surface area (TPSA) is 30.7 Å². The Morgan fingerprint density at radius 3 is 3.08 bits per heavy atom. The summed E-state index contributed by atoms with van der Waals surface area (Å²) in [6, 6.07) is 0. The molecule has 12 heavy (non-hydrogen) atoms. The summed E-state index contributed by atoms with van der Waals surface area (Å²) in [5.74, 6) is 0. The van der Waals surface area contributed by atoms with Crippen LogP contribution >= 0.6 is 15.9 Å². The monoisotopic (exact) mass is 231 g/mol. The van der Waals surface area contributed by atoms with Crippen LogP contribution in [0.2, 0.25) is 0 Å². The molecule has 0 atom stereocenters. The first-order chi connectivity index (χ1) is 5.86. The quantitative estimate of drug-likeness (QED) is 0.727. The number of halogens is 1. The molecule has 0 radical (unpaired) electrons. The zero-order valence-corrected chi connectivity index (χ0v) is 8.92. The fourth-order valence-corrected chi connectivity index (χ4v) is 1.39. The zero-order valence-electron chi connectivity index (χ0n) is 7.33. The second-order valence-corrected chi connectivity index (χ2v) is 3.56. The second kappa shape index (κ2) is 5.30. The molecule has 1 aromatic rings. The van der Waals surface area contributed by atoms with Gasteiger partial charge in [0.2, 0.25) is 0 Å². The number of alkyl halides is 1. The van der Waals surface area contributed by atoms with Crippen molar-refractivity contribution in [2.75, 3.05) is 5.33 Å². The van der Waals surface area contributed by atoms with Crippen LogP contribution in [0, 0.1) is 0 Å². The summed E-state index contributed by atoms with van der Waals surface area (Å²) < 4.78 is 1.92. The van der Waals surface area contributed by atoms with E-state index in [-0.39, 0.29) is 0 Å². The summed E-state index contributed by atoms with van der Waals surface area (Å²) >= 11 is 3.37. The molecule has 1 rings (SSSR count). The molecule has 0 aliphatic rings. The van der Waals surface area contributed by atoms with Crippen LogP contribution in [0.3, 0.4) is 0 Å². The van der Waals surface area contributed by atoms with Crippen molar-refractivity contribution in [3.8, 4) is 0 Å². The molecule has 0 aromatic carbocycles. The molecule has 1 aromatic heterocycles. The Hall–Kier alpha value is -0.380. The molecule has 0 unspecified atom stereocenters. The molecule has 0 fully saturated rings. The first-order valence-electron chi connectivity index (χ1n) is 4.31. The van der Waals surface area contributed by atoms with Crippen LogP contribution in [0.1, 0.15) is 25.5 Å². The van der Waals surface area contributed by atoms with E-state index in [9.17, 15) is 0 Å². The van der Waals surface area contributed by atoms with E-state index in [1.807, 2.05) is 10.9 Å². The van der Waals surface area contributed by atoms with E-state index in [4.69, 9.17) is 0 Å². The van der Waals surface area contributed by atoms with Gasteiger partial charge in [-0.3, -0.25) is 4.68 Å². The minimum absolute atomic E-state index is 0.958. The molecule has 0 spiro atoms. The Balaban J connectivity index is 2.41. The second-order valence-electron chi connectivity index (χ2n) is 2.77. The Labute approximate surface area is 81.3 Å². The SMILES string of the molecule is CCCCn1cc(CCBr)nn1. The van der Waals surface area contributed by atoms with Crippen LogP contribution in [-0.4, -0.2) is 20.3 Å². The lowest BCUT2D eigenvalue weighted by Gasteiger charge is -1.95. The van der Waals surface area contributed by atoms with Gasteiger partial charge in [0.1, 0.15) is 0 Å². The first-order valence-corrected chi connectivity index (χ1v) is 5.44. The molecule has 0 N–H and O–H groups in total. The van der Waals surface area contributed by atoms with Crippen LogP contribution in [-0.2, 0) is 13.0 Å². The standard InChI is InChI=1S/C8H14BrN3/c1-2-3-6-12-7-8(4-5-9)10-11-12/h7H,2-6H2,1H3. The molecule has 4 heteroatoms. The van der Waals surface area contributed by atoms with Crippen LogP contribution in [0.15, 0.2) is 6.20 Å². The van der Waals surface area contributed by atoms with Gasteiger partial charge in [-0.25, -0.2) is 0 Å². The molecule has 0 saturated heterocycles. The molecule has 0 aliphatic carbocycles. The van der Waals surface area contributed by atoms with E-state index in [0.717, 1.165) is 24.0 Å². The average molecular weight is 232 g/mol. The lowest BCUT2D eigenvalue weighted by atomic mass is 10.3. The first kappa shape index (κ1) is 9.71. The van der Waals surface area contributed by atoms with Crippen molar-refractivity contribution in [3.05, 3.63) is 11.9 Å². The van der Waals surface area contributed by atoms with Crippen molar-refractivity contribution >= 4 is 15.9 Å². The Kier molecular flexibility index (Phi) is 4.29. The van der Waals surface area contributed by atoms with E-state index in [1.54, 1.807) is 0 Å². The minimum Gasteiger partial charge on any atom is -0.252 e. The Morgan fingerprint density at radius 1 is 1.58 bits per heavy atom. The summed E-state index contributed by atoms with van der Waals surface area (Å²) in [6.45, 7) is 3.17. The summed E-state index contributed by atoms with van der Waals surface area (Å²) in [6.07, 6.45) is 5.37. The number of nitrogens with zero attached hydrogens (tertiary/aromatic N) is 3. The lowest BCUT2D eigenvalue weighted by molar-refractivity contribution is 0.553. The molecule has 68 valence electrons. The van der Waals surface area contributed by atoms with Crippen molar-refractivity contribution in [1.82, 2.24) is 15.0 Å². The highest BCUT2D eigenvalue weighted by Crippen LogP contribution is 1.98.